The minimum atomic E-state index is 0. The van der Waals surface area contributed by atoms with Crippen LogP contribution >= 0.6 is 12.4 Å². The summed E-state index contributed by atoms with van der Waals surface area (Å²) in [7, 11) is 0. The van der Waals surface area contributed by atoms with Gasteiger partial charge in [0, 0.05) is 13.1 Å². The molecule has 0 amide bonds. The van der Waals surface area contributed by atoms with Gasteiger partial charge in [-0.3, -0.25) is 4.90 Å². The fourth-order valence-electron chi connectivity index (χ4n) is 2.35. The molecule has 1 fully saturated rings. The molecule has 1 aliphatic rings. The predicted molar refractivity (Wildman–Crippen MR) is 80.9 cm³/mol. The maximum Gasteiger partial charge on any atom is 0.0166 e. The zero-order valence-electron chi connectivity index (χ0n) is 11.0. The van der Waals surface area contributed by atoms with Gasteiger partial charge in [0.25, 0.3) is 0 Å². The van der Waals surface area contributed by atoms with Gasteiger partial charge in [-0.15, -0.1) is 12.4 Å². The van der Waals surface area contributed by atoms with Crippen LogP contribution in [-0.2, 0) is 0 Å². The fraction of sp³-hybridized carbons (Fsp3) is 0.467. The Morgan fingerprint density at radius 2 is 2.06 bits per heavy atom. The highest BCUT2D eigenvalue weighted by Crippen LogP contribution is 2.28. The second-order valence-corrected chi connectivity index (χ2v) is 5.31. The van der Waals surface area contributed by atoms with Gasteiger partial charge in [-0.1, -0.05) is 49.4 Å². The SMILES string of the molecule is CC1(CN)CCN(C/C=C/c2ccccc2)C1.Cl. The normalized spacial score (nSPS) is 24.3. The summed E-state index contributed by atoms with van der Waals surface area (Å²) in [6, 6.07) is 10.4. The lowest BCUT2D eigenvalue weighted by Crippen LogP contribution is -2.31. The summed E-state index contributed by atoms with van der Waals surface area (Å²) in [6.07, 6.45) is 5.67. The molecule has 1 heterocycles. The Morgan fingerprint density at radius 3 is 2.67 bits per heavy atom. The molecule has 0 aromatic heterocycles. The van der Waals surface area contributed by atoms with Gasteiger partial charge in [0.15, 0.2) is 0 Å². The van der Waals surface area contributed by atoms with E-state index in [2.05, 4.69) is 48.2 Å². The molecule has 1 aromatic rings. The first-order valence-electron chi connectivity index (χ1n) is 6.36. The quantitative estimate of drug-likeness (QED) is 0.908. The van der Waals surface area contributed by atoms with E-state index in [0.717, 1.165) is 19.6 Å². The van der Waals surface area contributed by atoms with Crippen molar-refractivity contribution < 1.29 is 0 Å². The summed E-state index contributed by atoms with van der Waals surface area (Å²) in [5.74, 6) is 0. The lowest BCUT2D eigenvalue weighted by molar-refractivity contribution is 0.300. The molecule has 1 aromatic carbocycles. The maximum atomic E-state index is 5.81. The van der Waals surface area contributed by atoms with Crippen LogP contribution in [0, 0.1) is 5.41 Å². The zero-order valence-corrected chi connectivity index (χ0v) is 11.8. The Hall–Kier alpha value is -0.830. The number of hydrogen-bond acceptors (Lipinski definition) is 2. The largest absolute Gasteiger partial charge is 0.330 e. The summed E-state index contributed by atoms with van der Waals surface area (Å²) in [4.78, 5) is 2.48. The fourth-order valence-corrected chi connectivity index (χ4v) is 2.35. The Bertz CT molecular complexity index is 377. The molecule has 100 valence electrons. The number of nitrogens with two attached hydrogens (primary N) is 1. The summed E-state index contributed by atoms with van der Waals surface area (Å²) in [6.45, 7) is 6.42. The van der Waals surface area contributed by atoms with Crippen molar-refractivity contribution >= 4 is 18.5 Å². The molecule has 1 unspecified atom stereocenters. The van der Waals surface area contributed by atoms with E-state index < -0.39 is 0 Å². The average Bonchev–Trinajstić information content (AvgIpc) is 2.74. The topological polar surface area (TPSA) is 29.3 Å². The van der Waals surface area contributed by atoms with Crippen LogP contribution in [0.4, 0.5) is 0 Å². The molecular weight excluding hydrogens is 244 g/mol. The Balaban J connectivity index is 0.00000162. The van der Waals surface area contributed by atoms with Crippen molar-refractivity contribution in [3.05, 3.63) is 42.0 Å². The van der Waals surface area contributed by atoms with Crippen LogP contribution in [0.3, 0.4) is 0 Å². The molecule has 1 saturated heterocycles. The number of rotatable bonds is 4. The maximum absolute atomic E-state index is 5.81. The minimum Gasteiger partial charge on any atom is -0.330 e. The van der Waals surface area contributed by atoms with Gasteiger partial charge in [0.1, 0.15) is 0 Å². The summed E-state index contributed by atoms with van der Waals surface area (Å²) >= 11 is 0. The molecule has 18 heavy (non-hydrogen) atoms. The molecular formula is C15H23ClN2. The van der Waals surface area contributed by atoms with Gasteiger partial charge in [-0.05, 0) is 30.5 Å². The lowest BCUT2D eigenvalue weighted by Gasteiger charge is -2.21. The van der Waals surface area contributed by atoms with Gasteiger partial charge in [0.2, 0.25) is 0 Å². The van der Waals surface area contributed by atoms with Crippen LogP contribution in [0.5, 0.6) is 0 Å². The van der Waals surface area contributed by atoms with E-state index in [-0.39, 0.29) is 12.4 Å². The molecule has 0 saturated carbocycles. The number of benzene rings is 1. The summed E-state index contributed by atoms with van der Waals surface area (Å²) < 4.78 is 0. The Morgan fingerprint density at radius 1 is 1.33 bits per heavy atom. The molecule has 0 spiro atoms. The molecule has 2 N–H and O–H groups in total. The van der Waals surface area contributed by atoms with E-state index in [1.165, 1.54) is 18.5 Å². The zero-order chi connectivity index (χ0) is 12.1. The number of halogens is 1. The van der Waals surface area contributed by atoms with Crippen LogP contribution in [0.2, 0.25) is 0 Å². The van der Waals surface area contributed by atoms with Gasteiger partial charge in [-0.2, -0.15) is 0 Å². The average molecular weight is 267 g/mol. The summed E-state index contributed by atoms with van der Waals surface area (Å²) in [5, 5.41) is 0. The molecule has 2 nitrogen and oxygen atoms in total. The number of likely N-dealkylation sites (tertiary alicyclic amines) is 1. The van der Waals surface area contributed by atoms with Crippen molar-refractivity contribution in [3.8, 4) is 0 Å². The third kappa shape index (κ3) is 4.13. The van der Waals surface area contributed by atoms with Crippen molar-refractivity contribution in [3.63, 3.8) is 0 Å². The smallest absolute Gasteiger partial charge is 0.0166 e. The van der Waals surface area contributed by atoms with Crippen LogP contribution in [-0.4, -0.2) is 31.1 Å². The highest BCUT2D eigenvalue weighted by atomic mass is 35.5. The van der Waals surface area contributed by atoms with Gasteiger partial charge < -0.3 is 5.73 Å². The Labute approximate surface area is 116 Å². The monoisotopic (exact) mass is 266 g/mol. The highest BCUT2D eigenvalue weighted by Gasteiger charge is 2.31. The van der Waals surface area contributed by atoms with Gasteiger partial charge in [-0.25, -0.2) is 0 Å². The third-order valence-corrected chi connectivity index (χ3v) is 3.60. The molecule has 0 radical (unpaired) electrons. The first-order valence-corrected chi connectivity index (χ1v) is 6.36. The number of nitrogens with zero attached hydrogens (tertiary/aromatic N) is 1. The molecule has 1 aliphatic heterocycles. The molecule has 2 rings (SSSR count). The van der Waals surface area contributed by atoms with E-state index in [4.69, 9.17) is 5.73 Å². The van der Waals surface area contributed by atoms with Crippen LogP contribution < -0.4 is 5.73 Å². The van der Waals surface area contributed by atoms with Crippen molar-refractivity contribution in [1.29, 1.82) is 0 Å². The number of hydrogen-bond donors (Lipinski definition) is 1. The molecule has 0 bridgehead atoms. The first kappa shape index (κ1) is 15.2. The Kier molecular flexibility index (Phi) is 5.86. The predicted octanol–water partition coefficient (Wildman–Crippen LogP) is 2.79. The van der Waals surface area contributed by atoms with E-state index in [9.17, 15) is 0 Å². The molecule has 0 aliphatic carbocycles. The second kappa shape index (κ2) is 6.93. The van der Waals surface area contributed by atoms with E-state index in [1.807, 2.05) is 6.07 Å². The highest BCUT2D eigenvalue weighted by molar-refractivity contribution is 5.85. The standard InChI is InChI=1S/C15H22N2.ClH/c1-15(12-16)9-11-17(13-15)10-5-8-14-6-3-2-4-7-14;/h2-8H,9-13,16H2,1H3;1H/b8-5+;. The van der Waals surface area contributed by atoms with E-state index >= 15 is 0 Å². The molecule has 1 atom stereocenters. The van der Waals surface area contributed by atoms with Crippen molar-refractivity contribution in [2.75, 3.05) is 26.2 Å². The van der Waals surface area contributed by atoms with E-state index in [1.54, 1.807) is 0 Å². The summed E-state index contributed by atoms with van der Waals surface area (Å²) in [5.41, 5.74) is 7.41. The molecule has 3 heteroatoms. The third-order valence-electron chi connectivity index (χ3n) is 3.60. The van der Waals surface area contributed by atoms with Crippen LogP contribution in [0.1, 0.15) is 18.9 Å². The van der Waals surface area contributed by atoms with Crippen molar-refractivity contribution in [2.45, 2.75) is 13.3 Å². The van der Waals surface area contributed by atoms with Crippen molar-refractivity contribution in [1.82, 2.24) is 4.90 Å². The lowest BCUT2D eigenvalue weighted by atomic mass is 9.90. The van der Waals surface area contributed by atoms with Gasteiger partial charge >= 0.3 is 0 Å². The second-order valence-electron chi connectivity index (χ2n) is 5.31. The van der Waals surface area contributed by atoms with E-state index in [0.29, 0.717) is 5.41 Å². The van der Waals surface area contributed by atoms with Crippen LogP contribution in [0.15, 0.2) is 36.4 Å². The van der Waals surface area contributed by atoms with Crippen molar-refractivity contribution in [2.24, 2.45) is 11.1 Å². The first-order chi connectivity index (χ1) is 8.22. The minimum absolute atomic E-state index is 0. The van der Waals surface area contributed by atoms with Gasteiger partial charge in [0.05, 0.1) is 0 Å². The van der Waals surface area contributed by atoms with Crippen LogP contribution in [0.25, 0.3) is 6.08 Å².